The SMILES string of the molecule is CCc1nn(Cc2ccc(C#N)cc2)c(CC)c1NC(=O)c1cc(C(N)=O)c2ccccc2n1. The van der Waals surface area contributed by atoms with E-state index >= 15 is 0 Å². The second kappa shape index (κ2) is 9.55. The summed E-state index contributed by atoms with van der Waals surface area (Å²) >= 11 is 0. The molecule has 0 fully saturated rings. The number of nitriles is 1. The molecule has 2 amide bonds. The topological polar surface area (TPSA) is 127 Å². The summed E-state index contributed by atoms with van der Waals surface area (Å²) in [7, 11) is 0. The van der Waals surface area contributed by atoms with Crippen LogP contribution in [0.25, 0.3) is 10.9 Å². The first-order chi connectivity index (χ1) is 16.4. The van der Waals surface area contributed by atoms with Gasteiger partial charge in [0.1, 0.15) is 5.69 Å². The number of nitrogens with two attached hydrogens (primary N) is 1. The van der Waals surface area contributed by atoms with E-state index in [-0.39, 0.29) is 11.3 Å². The third-order valence-corrected chi connectivity index (χ3v) is 5.67. The number of nitrogens with zero attached hydrogens (tertiary/aromatic N) is 4. The van der Waals surface area contributed by atoms with E-state index in [2.05, 4.69) is 16.4 Å². The summed E-state index contributed by atoms with van der Waals surface area (Å²) in [5.41, 5.74) is 10.3. The fourth-order valence-corrected chi connectivity index (χ4v) is 3.96. The van der Waals surface area contributed by atoms with Crippen LogP contribution in [0.5, 0.6) is 0 Å². The molecule has 0 radical (unpaired) electrons. The van der Waals surface area contributed by atoms with E-state index < -0.39 is 11.8 Å². The number of pyridine rings is 1. The molecule has 0 unspecified atom stereocenters. The molecule has 2 aromatic heterocycles. The monoisotopic (exact) mass is 452 g/mol. The molecule has 0 bridgehead atoms. The minimum atomic E-state index is -0.619. The van der Waals surface area contributed by atoms with Crippen LogP contribution >= 0.6 is 0 Å². The van der Waals surface area contributed by atoms with Gasteiger partial charge in [-0.05, 0) is 42.7 Å². The molecule has 0 atom stereocenters. The minimum Gasteiger partial charge on any atom is -0.366 e. The first kappa shape index (κ1) is 22.7. The summed E-state index contributed by atoms with van der Waals surface area (Å²) in [6.07, 6.45) is 1.28. The van der Waals surface area contributed by atoms with Gasteiger partial charge in [-0.1, -0.05) is 44.2 Å². The van der Waals surface area contributed by atoms with Gasteiger partial charge in [0.05, 0.1) is 46.3 Å². The molecule has 8 heteroatoms. The van der Waals surface area contributed by atoms with Gasteiger partial charge in [-0.3, -0.25) is 14.3 Å². The van der Waals surface area contributed by atoms with E-state index in [0.29, 0.717) is 41.5 Å². The maximum Gasteiger partial charge on any atom is 0.274 e. The van der Waals surface area contributed by atoms with Gasteiger partial charge >= 0.3 is 0 Å². The van der Waals surface area contributed by atoms with Crippen molar-refractivity contribution in [2.24, 2.45) is 5.73 Å². The van der Waals surface area contributed by atoms with E-state index in [0.717, 1.165) is 17.0 Å². The second-order valence-corrected chi connectivity index (χ2v) is 7.83. The van der Waals surface area contributed by atoms with Gasteiger partial charge in [0, 0.05) is 5.39 Å². The highest BCUT2D eigenvalue weighted by Crippen LogP contribution is 2.25. The predicted octanol–water partition coefficient (Wildman–Crippen LogP) is 3.83. The molecule has 4 rings (SSSR count). The first-order valence-corrected chi connectivity index (χ1v) is 11.0. The van der Waals surface area contributed by atoms with E-state index in [1.165, 1.54) is 6.07 Å². The summed E-state index contributed by atoms with van der Waals surface area (Å²) in [5, 5.41) is 17.3. The lowest BCUT2D eigenvalue weighted by Gasteiger charge is -2.11. The quantitative estimate of drug-likeness (QED) is 0.441. The zero-order chi connectivity index (χ0) is 24.2. The van der Waals surface area contributed by atoms with Gasteiger partial charge in [-0.25, -0.2) is 4.98 Å². The molecular weight excluding hydrogens is 428 g/mol. The Balaban J connectivity index is 1.69. The molecule has 0 aliphatic carbocycles. The van der Waals surface area contributed by atoms with E-state index in [4.69, 9.17) is 16.1 Å². The normalized spacial score (nSPS) is 10.7. The number of para-hydroxylation sites is 1. The Morgan fingerprint density at radius 3 is 2.47 bits per heavy atom. The van der Waals surface area contributed by atoms with Gasteiger partial charge in [0.2, 0.25) is 5.91 Å². The van der Waals surface area contributed by atoms with Crippen LogP contribution < -0.4 is 11.1 Å². The van der Waals surface area contributed by atoms with Crippen molar-refractivity contribution in [3.05, 3.63) is 88.4 Å². The van der Waals surface area contributed by atoms with Crippen molar-refractivity contribution in [3.63, 3.8) is 0 Å². The van der Waals surface area contributed by atoms with Crippen LogP contribution in [0, 0.1) is 11.3 Å². The van der Waals surface area contributed by atoms with E-state index in [1.54, 1.807) is 36.4 Å². The van der Waals surface area contributed by atoms with Gasteiger partial charge in [-0.15, -0.1) is 0 Å². The van der Waals surface area contributed by atoms with E-state index in [9.17, 15) is 9.59 Å². The molecule has 0 saturated heterocycles. The molecule has 0 spiro atoms. The Labute approximate surface area is 197 Å². The maximum absolute atomic E-state index is 13.2. The third kappa shape index (κ3) is 4.36. The van der Waals surface area contributed by atoms with Crippen LogP contribution in [-0.4, -0.2) is 26.6 Å². The zero-order valence-electron chi connectivity index (χ0n) is 19.0. The Morgan fingerprint density at radius 1 is 1.09 bits per heavy atom. The number of fused-ring (bicyclic) bond motifs is 1. The van der Waals surface area contributed by atoms with Gasteiger partial charge in [0.15, 0.2) is 0 Å². The summed E-state index contributed by atoms with van der Waals surface area (Å²) in [6, 6.07) is 18.0. The number of carbonyl (C=O) groups is 2. The summed E-state index contributed by atoms with van der Waals surface area (Å²) < 4.78 is 1.87. The average Bonchev–Trinajstić information content (AvgIpc) is 3.19. The van der Waals surface area contributed by atoms with Crippen molar-refractivity contribution in [2.75, 3.05) is 5.32 Å². The standard InChI is InChI=1S/C26H24N6O2/c1-3-20-24(23(4-2)32(31-20)15-17-11-9-16(14-27)10-12-17)30-26(34)22-13-19(25(28)33)18-7-5-6-8-21(18)29-22/h5-13H,3-4,15H2,1-2H3,(H2,28,33)(H,30,34). The summed E-state index contributed by atoms with van der Waals surface area (Å²) in [6.45, 7) is 4.49. The van der Waals surface area contributed by atoms with Crippen molar-refractivity contribution >= 4 is 28.4 Å². The number of primary amides is 1. The van der Waals surface area contributed by atoms with Crippen molar-refractivity contribution in [2.45, 2.75) is 33.2 Å². The number of anilines is 1. The van der Waals surface area contributed by atoms with Gasteiger partial charge in [0.25, 0.3) is 5.91 Å². The first-order valence-electron chi connectivity index (χ1n) is 11.0. The molecule has 2 aromatic carbocycles. The maximum atomic E-state index is 13.2. The van der Waals surface area contributed by atoms with Crippen molar-refractivity contribution in [1.29, 1.82) is 5.26 Å². The number of carbonyl (C=O) groups excluding carboxylic acids is 2. The lowest BCUT2D eigenvalue weighted by Crippen LogP contribution is -2.19. The van der Waals surface area contributed by atoms with Crippen LogP contribution in [0.1, 0.15) is 57.2 Å². The van der Waals surface area contributed by atoms with Crippen LogP contribution in [-0.2, 0) is 19.4 Å². The Morgan fingerprint density at radius 2 is 1.82 bits per heavy atom. The molecule has 170 valence electrons. The Bertz CT molecular complexity index is 1430. The molecule has 0 aliphatic heterocycles. The molecule has 4 aromatic rings. The zero-order valence-corrected chi connectivity index (χ0v) is 19.0. The number of aromatic nitrogens is 3. The van der Waals surface area contributed by atoms with Gasteiger partial charge in [-0.2, -0.15) is 10.4 Å². The molecule has 8 nitrogen and oxygen atoms in total. The third-order valence-electron chi connectivity index (χ3n) is 5.67. The largest absolute Gasteiger partial charge is 0.366 e. The highest BCUT2D eigenvalue weighted by Gasteiger charge is 2.21. The van der Waals surface area contributed by atoms with Crippen LogP contribution in [0.2, 0.25) is 0 Å². The van der Waals surface area contributed by atoms with Crippen LogP contribution in [0.15, 0.2) is 54.6 Å². The Kier molecular flexibility index (Phi) is 6.37. The number of hydrogen-bond acceptors (Lipinski definition) is 5. The molecule has 3 N–H and O–H groups in total. The van der Waals surface area contributed by atoms with Gasteiger partial charge < -0.3 is 11.1 Å². The lowest BCUT2D eigenvalue weighted by atomic mass is 10.1. The summed E-state index contributed by atoms with van der Waals surface area (Å²) in [5.74, 6) is -1.05. The number of benzene rings is 2. The van der Waals surface area contributed by atoms with Crippen molar-refractivity contribution < 1.29 is 9.59 Å². The van der Waals surface area contributed by atoms with Crippen molar-refractivity contribution in [3.8, 4) is 6.07 Å². The number of nitrogens with one attached hydrogen (secondary N) is 1. The molecule has 2 heterocycles. The number of hydrogen-bond donors (Lipinski definition) is 2. The predicted molar refractivity (Wildman–Crippen MR) is 129 cm³/mol. The van der Waals surface area contributed by atoms with E-state index in [1.807, 2.05) is 30.7 Å². The Hall–Kier alpha value is -4.51. The second-order valence-electron chi connectivity index (χ2n) is 7.83. The molecular formula is C26H24N6O2. The van der Waals surface area contributed by atoms with Crippen LogP contribution in [0.4, 0.5) is 5.69 Å². The molecule has 34 heavy (non-hydrogen) atoms. The fourth-order valence-electron chi connectivity index (χ4n) is 3.96. The fraction of sp³-hybridized carbons (Fsp3) is 0.192. The highest BCUT2D eigenvalue weighted by molar-refractivity contribution is 6.10. The lowest BCUT2D eigenvalue weighted by molar-refractivity contribution is 0.100. The van der Waals surface area contributed by atoms with Crippen molar-refractivity contribution in [1.82, 2.24) is 14.8 Å². The number of rotatable bonds is 7. The minimum absolute atomic E-state index is 0.108. The van der Waals surface area contributed by atoms with Crippen LogP contribution in [0.3, 0.4) is 0 Å². The average molecular weight is 453 g/mol. The summed E-state index contributed by atoms with van der Waals surface area (Å²) in [4.78, 5) is 29.7. The highest BCUT2D eigenvalue weighted by atomic mass is 16.2. The number of amides is 2. The molecule has 0 saturated carbocycles. The molecule has 0 aliphatic rings. The number of aryl methyl sites for hydroxylation is 1. The smallest absolute Gasteiger partial charge is 0.274 e.